The summed E-state index contributed by atoms with van der Waals surface area (Å²) in [7, 11) is 1.36. The van der Waals surface area contributed by atoms with Crippen LogP contribution >= 0.6 is 0 Å². The highest BCUT2D eigenvalue weighted by Gasteiger charge is 2.21. The standard InChI is InChI=1S/C19H20N6O3/c1-11(12-6-4-3-5-7-12)23-19(26)25-15-8-13(20)16(18(21)27-2)17(24-15)14-9-22-10-28-14/h3-11,21H,1-2H3,(H4,20,23,24,25,26)/t11-/m1/s1. The summed E-state index contributed by atoms with van der Waals surface area (Å²) in [5.41, 5.74) is 7.75. The number of anilines is 2. The summed E-state index contributed by atoms with van der Waals surface area (Å²) in [6, 6.07) is 10.4. The number of methoxy groups -OCH3 is 1. The minimum atomic E-state index is -0.443. The third-order valence-corrected chi connectivity index (χ3v) is 4.04. The van der Waals surface area contributed by atoms with Gasteiger partial charge in [-0.25, -0.2) is 14.8 Å². The van der Waals surface area contributed by atoms with Crippen molar-refractivity contribution in [1.29, 1.82) is 5.41 Å². The highest BCUT2D eigenvalue weighted by atomic mass is 16.5. The van der Waals surface area contributed by atoms with E-state index >= 15 is 0 Å². The predicted octanol–water partition coefficient (Wildman–Crippen LogP) is 3.17. The van der Waals surface area contributed by atoms with E-state index in [-0.39, 0.29) is 34.7 Å². The van der Waals surface area contributed by atoms with Gasteiger partial charge < -0.3 is 20.2 Å². The Labute approximate surface area is 161 Å². The van der Waals surface area contributed by atoms with Crippen molar-refractivity contribution in [1.82, 2.24) is 15.3 Å². The Hall–Kier alpha value is -3.88. The molecule has 2 amide bonds. The molecule has 5 N–H and O–H groups in total. The monoisotopic (exact) mass is 380 g/mol. The number of nitrogens with one attached hydrogen (secondary N) is 3. The van der Waals surface area contributed by atoms with Gasteiger partial charge in [-0.05, 0) is 12.5 Å². The lowest BCUT2D eigenvalue weighted by Gasteiger charge is -2.16. The maximum atomic E-state index is 12.4. The third-order valence-electron chi connectivity index (χ3n) is 4.04. The molecule has 1 atom stereocenters. The number of ether oxygens (including phenoxy) is 1. The Balaban J connectivity index is 1.84. The average Bonchev–Trinajstić information content (AvgIpc) is 3.22. The summed E-state index contributed by atoms with van der Waals surface area (Å²) >= 11 is 0. The van der Waals surface area contributed by atoms with E-state index in [1.54, 1.807) is 0 Å². The number of urea groups is 1. The second-order valence-corrected chi connectivity index (χ2v) is 5.95. The Kier molecular flexibility index (Phi) is 5.54. The van der Waals surface area contributed by atoms with Crippen molar-refractivity contribution in [2.24, 2.45) is 0 Å². The lowest BCUT2D eigenvalue weighted by Crippen LogP contribution is -2.31. The van der Waals surface area contributed by atoms with Crippen LogP contribution in [0.25, 0.3) is 11.5 Å². The van der Waals surface area contributed by atoms with Crippen LogP contribution in [0.1, 0.15) is 24.1 Å². The number of nitrogens with two attached hydrogens (primary N) is 1. The normalized spacial score (nSPS) is 11.5. The summed E-state index contributed by atoms with van der Waals surface area (Å²) in [6.45, 7) is 1.87. The molecule has 3 rings (SSSR count). The summed E-state index contributed by atoms with van der Waals surface area (Å²) < 4.78 is 10.3. The van der Waals surface area contributed by atoms with E-state index in [9.17, 15) is 4.79 Å². The molecule has 2 heterocycles. The van der Waals surface area contributed by atoms with Gasteiger partial charge in [0.05, 0.1) is 30.6 Å². The van der Waals surface area contributed by atoms with E-state index in [0.717, 1.165) is 5.56 Å². The van der Waals surface area contributed by atoms with E-state index in [1.165, 1.54) is 25.8 Å². The Morgan fingerprint density at radius 1 is 1.32 bits per heavy atom. The lowest BCUT2D eigenvalue weighted by molar-refractivity contribution is 0.249. The molecule has 0 spiro atoms. The SMILES string of the molecule is COC(=N)c1c(N)cc(NC(=O)N[C@H](C)c2ccccc2)nc1-c1cnco1. The second-order valence-electron chi connectivity index (χ2n) is 5.95. The fraction of sp³-hybridized carbons (Fsp3) is 0.158. The van der Waals surface area contributed by atoms with Crippen LogP contribution in [0.15, 0.2) is 53.4 Å². The van der Waals surface area contributed by atoms with E-state index in [2.05, 4.69) is 20.6 Å². The van der Waals surface area contributed by atoms with Crippen LogP contribution in [0.5, 0.6) is 0 Å². The smallest absolute Gasteiger partial charge is 0.320 e. The number of rotatable bonds is 5. The van der Waals surface area contributed by atoms with Crippen molar-refractivity contribution in [3.8, 4) is 11.5 Å². The molecule has 28 heavy (non-hydrogen) atoms. The zero-order valence-electron chi connectivity index (χ0n) is 15.4. The molecule has 144 valence electrons. The van der Waals surface area contributed by atoms with Gasteiger partial charge >= 0.3 is 6.03 Å². The highest BCUT2D eigenvalue weighted by molar-refractivity contribution is 6.03. The maximum absolute atomic E-state index is 12.4. The molecule has 0 unspecified atom stereocenters. The van der Waals surface area contributed by atoms with Gasteiger partial charge in [0.25, 0.3) is 0 Å². The lowest BCUT2D eigenvalue weighted by atomic mass is 10.1. The predicted molar refractivity (Wildman–Crippen MR) is 105 cm³/mol. The molecule has 2 aromatic heterocycles. The van der Waals surface area contributed by atoms with Gasteiger partial charge in [-0.3, -0.25) is 10.7 Å². The first-order chi connectivity index (χ1) is 13.5. The number of oxazole rings is 1. The van der Waals surface area contributed by atoms with E-state index < -0.39 is 6.03 Å². The van der Waals surface area contributed by atoms with Gasteiger partial charge in [-0.1, -0.05) is 30.3 Å². The highest BCUT2D eigenvalue weighted by Crippen LogP contribution is 2.29. The molecule has 3 aromatic rings. The number of hydrogen-bond donors (Lipinski definition) is 4. The summed E-state index contributed by atoms with van der Waals surface area (Å²) in [5.74, 6) is 0.324. The van der Waals surface area contributed by atoms with Crippen molar-refractivity contribution in [3.05, 3.63) is 60.1 Å². The molecule has 0 bridgehead atoms. The number of carbonyl (C=O) groups excluding carboxylic acids is 1. The maximum Gasteiger partial charge on any atom is 0.320 e. The number of pyridine rings is 1. The summed E-state index contributed by atoms with van der Waals surface area (Å²) in [6.07, 6.45) is 2.68. The Morgan fingerprint density at radius 3 is 2.71 bits per heavy atom. The largest absolute Gasteiger partial charge is 0.481 e. The van der Waals surface area contributed by atoms with Crippen LogP contribution in [0.4, 0.5) is 16.3 Å². The number of carbonyl (C=O) groups is 1. The first kappa shape index (κ1) is 18.9. The molecule has 0 saturated carbocycles. The van der Waals surface area contributed by atoms with Crippen molar-refractivity contribution in [2.45, 2.75) is 13.0 Å². The molecule has 0 saturated heterocycles. The van der Waals surface area contributed by atoms with Gasteiger partial charge in [0.2, 0.25) is 5.90 Å². The van der Waals surface area contributed by atoms with E-state index in [4.69, 9.17) is 20.3 Å². The molecule has 0 aliphatic rings. The molecular weight excluding hydrogens is 360 g/mol. The van der Waals surface area contributed by atoms with Crippen LogP contribution < -0.4 is 16.4 Å². The topological polar surface area (TPSA) is 139 Å². The Bertz CT molecular complexity index is 973. The molecule has 0 fully saturated rings. The van der Waals surface area contributed by atoms with Crippen LogP contribution in [0.3, 0.4) is 0 Å². The van der Waals surface area contributed by atoms with Crippen LogP contribution in [0, 0.1) is 5.41 Å². The second kappa shape index (κ2) is 8.21. The molecule has 9 heteroatoms. The number of nitrogens with zero attached hydrogens (tertiary/aromatic N) is 2. The van der Waals surface area contributed by atoms with Gasteiger partial charge in [0, 0.05) is 6.07 Å². The van der Waals surface area contributed by atoms with Crippen molar-refractivity contribution >= 4 is 23.4 Å². The van der Waals surface area contributed by atoms with Crippen molar-refractivity contribution in [2.75, 3.05) is 18.2 Å². The molecule has 9 nitrogen and oxygen atoms in total. The van der Waals surface area contributed by atoms with Crippen LogP contribution in [-0.4, -0.2) is 29.0 Å². The zero-order chi connectivity index (χ0) is 20.1. The minimum absolute atomic E-state index is 0.176. The van der Waals surface area contributed by atoms with E-state index in [0.29, 0.717) is 5.76 Å². The number of nitrogen functional groups attached to an aromatic ring is 1. The van der Waals surface area contributed by atoms with E-state index in [1.807, 2.05) is 37.3 Å². The van der Waals surface area contributed by atoms with Crippen LogP contribution in [-0.2, 0) is 4.74 Å². The Morgan fingerprint density at radius 2 is 2.07 bits per heavy atom. The number of benzene rings is 1. The fourth-order valence-corrected chi connectivity index (χ4v) is 2.65. The zero-order valence-corrected chi connectivity index (χ0v) is 15.4. The first-order valence-corrected chi connectivity index (χ1v) is 8.44. The number of aromatic nitrogens is 2. The van der Waals surface area contributed by atoms with Crippen LogP contribution in [0.2, 0.25) is 0 Å². The van der Waals surface area contributed by atoms with Gasteiger partial charge in [-0.15, -0.1) is 0 Å². The molecule has 0 aliphatic carbocycles. The third kappa shape index (κ3) is 4.09. The minimum Gasteiger partial charge on any atom is -0.481 e. The molecular formula is C19H20N6O3. The van der Waals surface area contributed by atoms with Gasteiger partial charge in [0.15, 0.2) is 12.2 Å². The molecule has 1 aromatic carbocycles. The van der Waals surface area contributed by atoms with Crippen molar-refractivity contribution < 1.29 is 13.9 Å². The first-order valence-electron chi connectivity index (χ1n) is 8.44. The molecule has 0 radical (unpaired) electrons. The quantitative estimate of drug-likeness (QED) is 0.396. The number of hydrogen-bond acceptors (Lipinski definition) is 7. The van der Waals surface area contributed by atoms with Crippen molar-refractivity contribution in [3.63, 3.8) is 0 Å². The summed E-state index contributed by atoms with van der Waals surface area (Å²) in [5, 5.41) is 13.4. The van der Waals surface area contributed by atoms with Gasteiger partial charge in [0.1, 0.15) is 11.5 Å². The fourth-order valence-electron chi connectivity index (χ4n) is 2.65. The average molecular weight is 380 g/mol. The van der Waals surface area contributed by atoms with Gasteiger partial charge in [-0.2, -0.15) is 0 Å². The summed E-state index contributed by atoms with van der Waals surface area (Å²) in [4.78, 5) is 20.6. The molecule has 0 aliphatic heterocycles. The number of amides is 2.